The molecule has 1 nitrogen and oxygen atoms in total. The molecule has 1 atom stereocenters. The van der Waals surface area contributed by atoms with Crippen molar-refractivity contribution in [3.63, 3.8) is 0 Å². The number of hydrogen-bond acceptors (Lipinski definition) is 1. The Morgan fingerprint density at radius 1 is 0.317 bits per heavy atom. The molecule has 0 saturated carbocycles. The van der Waals surface area contributed by atoms with E-state index in [0.29, 0.717) is 0 Å². The predicted octanol–water partition coefficient (Wildman–Crippen LogP) is 16.3. The highest BCUT2D eigenvalue weighted by atomic mass is 15.1. The van der Waals surface area contributed by atoms with Crippen LogP contribution in [0.2, 0.25) is 0 Å². The van der Waals surface area contributed by atoms with E-state index in [4.69, 9.17) is 0 Å². The molecule has 296 valence electrons. The molecule has 0 fully saturated rings. The Kier molecular flexibility index (Phi) is 7.64. The van der Waals surface area contributed by atoms with Gasteiger partial charge < -0.3 is 4.90 Å². The first-order valence-electron chi connectivity index (χ1n) is 22.2. The molecule has 0 heterocycles. The Morgan fingerprint density at radius 2 is 0.857 bits per heavy atom. The third kappa shape index (κ3) is 4.99. The number of anilines is 3. The molecule has 1 spiro atoms. The zero-order valence-corrected chi connectivity index (χ0v) is 35.3. The summed E-state index contributed by atoms with van der Waals surface area (Å²) in [6, 6.07) is 84.0. The van der Waals surface area contributed by atoms with Gasteiger partial charge >= 0.3 is 0 Å². The lowest BCUT2D eigenvalue weighted by Crippen LogP contribution is -2.26. The third-order valence-electron chi connectivity index (χ3n) is 14.5. The summed E-state index contributed by atoms with van der Waals surface area (Å²) >= 11 is 0. The lowest BCUT2D eigenvalue weighted by Gasteiger charge is -2.32. The molecule has 10 aromatic rings. The first-order valence-corrected chi connectivity index (χ1v) is 22.2. The van der Waals surface area contributed by atoms with Crippen molar-refractivity contribution in [3.05, 3.63) is 258 Å². The van der Waals surface area contributed by atoms with Gasteiger partial charge in [-0.3, -0.25) is 0 Å². The number of benzene rings is 10. The Balaban J connectivity index is 1.06. The second-order valence-electron chi connectivity index (χ2n) is 18.0. The average Bonchev–Trinajstić information content (AvgIpc) is 3.91. The zero-order chi connectivity index (χ0) is 41.9. The molecule has 13 rings (SSSR count). The fourth-order valence-electron chi connectivity index (χ4n) is 11.7. The molecule has 0 bridgehead atoms. The molecule has 0 aromatic heterocycles. The van der Waals surface area contributed by atoms with Gasteiger partial charge in [0.1, 0.15) is 0 Å². The standard InChI is InChI=1S/C62H43N/c1-61(2)52-25-11-8-22-48(52)49-36-35-46(39-57(49)61)63(45-20-14-19-44(38-45)42-32-30-41(31-33-42)40-16-4-3-5-17-40)58-29-15-28-55-60(58)51-24-10-13-27-54(51)62(55)53-26-12-9-23-50(53)59-47-21-7-6-18-43(47)34-37-56(59)62/h3-39H,1-2H3. The van der Waals surface area contributed by atoms with Crippen LogP contribution >= 0.6 is 0 Å². The van der Waals surface area contributed by atoms with Crippen LogP contribution in [-0.2, 0) is 10.8 Å². The van der Waals surface area contributed by atoms with E-state index in [-0.39, 0.29) is 5.41 Å². The van der Waals surface area contributed by atoms with Crippen molar-refractivity contribution in [2.75, 3.05) is 4.90 Å². The maximum Gasteiger partial charge on any atom is 0.0726 e. The second kappa shape index (κ2) is 13.4. The minimum absolute atomic E-state index is 0.148. The van der Waals surface area contributed by atoms with E-state index in [1.54, 1.807) is 0 Å². The van der Waals surface area contributed by atoms with Crippen LogP contribution in [0.3, 0.4) is 0 Å². The highest BCUT2D eigenvalue weighted by molar-refractivity contribution is 6.08. The van der Waals surface area contributed by atoms with Crippen molar-refractivity contribution < 1.29 is 0 Å². The smallest absolute Gasteiger partial charge is 0.0726 e. The molecule has 0 N–H and O–H groups in total. The summed E-state index contributed by atoms with van der Waals surface area (Å²) < 4.78 is 0. The number of fused-ring (bicyclic) bond motifs is 15. The van der Waals surface area contributed by atoms with Gasteiger partial charge in [0, 0.05) is 22.4 Å². The topological polar surface area (TPSA) is 3.24 Å². The fourth-order valence-corrected chi connectivity index (χ4v) is 11.7. The van der Waals surface area contributed by atoms with Gasteiger partial charge in [-0.2, -0.15) is 0 Å². The average molecular weight is 802 g/mol. The lowest BCUT2D eigenvalue weighted by molar-refractivity contribution is 0.660. The van der Waals surface area contributed by atoms with Gasteiger partial charge in [0.05, 0.1) is 11.1 Å². The monoisotopic (exact) mass is 801 g/mol. The van der Waals surface area contributed by atoms with Gasteiger partial charge in [0.15, 0.2) is 0 Å². The van der Waals surface area contributed by atoms with E-state index in [9.17, 15) is 0 Å². The largest absolute Gasteiger partial charge is 0.310 e. The van der Waals surface area contributed by atoms with E-state index >= 15 is 0 Å². The molecule has 10 aromatic carbocycles. The summed E-state index contributed by atoms with van der Waals surface area (Å²) in [6.45, 7) is 4.76. The molecule has 3 aliphatic carbocycles. The normalized spacial score (nSPS) is 15.7. The van der Waals surface area contributed by atoms with E-state index in [1.165, 1.54) is 105 Å². The van der Waals surface area contributed by atoms with Crippen molar-refractivity contribution in [2.24, 2.45) is 0 Å². The van der Waals surface area contributed by atoms with Crippen LogP contribution < -0.4 is 4.90 Å². The highest BCUT2D eigenvalue weighted by Gasteiger charge is 2.53. The van der Waals surface area contributed by atoms with E-state index < -0.39 is 5.41 Å². The van der Waals surface area contributed by atoms with Crippen LogP contribution in [0.15, 0.2) is 224 Å². The van der Waals surface area contributed by atoms with Crippen molar-refractivity contribution in [1.82, 2.24) is 0 Å². The van der Waals surface area contributed by atoms with Gasteiger partial charge in [-0.25, -0.2) is 0 Å². The van der Waals surface area contributed by atoms with E-state index in [2.05, 4.69) is 243 Å². The number of hydrogen-bond donors (Lipinski definition) is 0. The fraction of sp³-hybridized carbons (Fsp3) is 0.0645. The van der Waals surface area contributed by atoms with Crippen LogP contribution in [0.5, 0.6) is 0 Å². The molecular weight excluding hydrogens is 759 g/mol. The van der Waals surface area contributed by atoms with Gasteiger partial charge in [-0.05, 0) is 125 Å². The molecule has 1 heteroatoms. The van der Waals surface area contributed by atoms with Crippen LogP contribution in [0.25, 0.3) is 66.4 Å². The summed E-state index contributed by atoms with van der Waals surface area (Å²) in [7, 11) is 0. The SMILES string of the molecule is CC1(C)c2ccccc2-c2ccc(N(c3cccc(-c4ccc(-c5ccccc5)cc4)c3)c3cccc4c3-c3ccccc3C43c4ccccc4-c4c3ccc3ccccc43)cc21. The van der Waals surface area contributed by atoms with Crippen LogP contribution in [-0.4, -0.2) is 0 Å². The maximum absolute atomic E-state index is 2.54. The van der Waals surface area contributed by atoms with Gasteiger partial charge in [0.25, 0.3) is 0 Å². The van der Waals surface area contributed by atoms with Crippen molar-refractivity contribution in [1.29, 1.82) is 0 Å². The predicted molar refractivity (Wildman–Crippen MR) is 263 cm³/mol. The Labute approximate surface area is 369 Å². The van der Waals surface area contributed by atoms with Gasteiger partial charge in [-0.15, -0.1) is 0 Å². The van der Waals surface area contributed by atoms with Crippen molar-refractivity contribution in [2.45, 2.75) is 24.7 Å². The summed E-state index contributed by atoms with van der Waals surface area (Å²) in [4.78, 5) is 2.54. The molecule has 1 unspecified atom stereocenters. The molecule has 63 heavy (non-hydrogen) atoms. The quantitative estimate of drug-likeness (QED) is 0.168. The number of rotatable bonds is 5. The minimum Gasteiger partial charge on any atom is -0.310 e. The van der Waals surface area contributed by atoms with Crippen molar-refractivity contribution >= 4 is 27.8 Å². The van der Waals surface area contributed by atoms with Crippen LogP contribution in [0.1, 0.15) is 47.2 Å². The molecule has 0 radical (unpaired) electrons. The van der Waals surface area contributed by atoms with E-state index in [0.717, 1.165) is 11.4 Å². The number of nitrogens with zero attached hydrogens (tertiary/aromatic N) is 1. The van der Waals surface area contributed by atoms with Crippen LogP contribution in [0.4, 0.5) is 17.1 Å². The lowest BCUT2D eigenvalue weighted by atomic mass is 9.70. The van der Waals surface area contributed by atoms with Crippen LogP contribution in [0, 0.1) is 0 Å². The molecule has 3 aliphatic rings. The Hall–Kier alpha value is -7.74. The summed E-state index contributed by atoms with van der Waals surface area (Å²) in [5.74, 6) is 0. The zero-order valence-electron chi connectivity index (χ0n) is 35.3. The van der Waals surface area contributed by atoms with E-state index in [1.807, 2.05) is 0 Å². The Bertz CT molecular complexity index is 3480. The Morgan fingerprint density at radius 3 is 1.63 bits per heavy atom. The summed E-state index contributed by atoms with van der Waals surface area (Å²) in [6.07, 6.45) is 0. The summed E-state index contributed by atoms with van der Waals surface area (Å²) in [5, 5.41) is 2.57. The maximum atomic E-state index is 2.54. The van der Waals surface area contributed by atoms with Gasteiger partial charge in [0.2, 0.25) is 0 Å². The first kappa shape index (κ1) is 36.0. The van der Waals surface area contributed by atoms with Gasteiger partial charge in [-0.1, -0.05) is 208 Å². The molecular formula is C62H43N. The van der Waals surface area contributed by atoms with Crippen molar-refractivity contribution in [3.8, 4) is 55.6 Å². The third-order valence-corrected chi connectivity index (χ3v) is 14.5. The molecule has 0 saturated heterocycles. The molecule has 0 amide bonds. The minimum atomic E-state index is -0.479. The molecule has 0 aliphatic heterocycles. The highest BCUT2D eigenvalue weighted by Crippen LogP contribution is 2.65. The second-order valence-corrected chi connectivity index (χ2v) is 18.0. The first-order chi connectivity index (χ1) is 31.0. The summed E-state index contributed by atoms with van der Waals surface area (Å²) in [5.41, 5.74) is 23.6.